The average Bonchev–Trinajstić information content (AvgIpc) is 3.11. The van der Waals surface area contributed by atoms with Crippen molar-refractivity contribution in [3.05, 3.63) is 77.9 Å². The molecule has 4 nitrogen and oxygen atoms in total. The number of hydrogen-bond acceptors (Lipinski definition) is 3. The lowest BCUT2D eigenvalue weighted by atomic mass is 9.94. The van der Waals surface area contributed by atoms with Crippen LogP contribution in [0.1, 0.15) is 30.0 Å². The van der Waals surface area contributed by atoms with Crippen molar-refractivity contribution < 1.29 is 14.3 Å². The summed E-state index contributed by atoms with van der Waals surface area (Å²) in [5, 5.41) is 11.7. The second-order valence-electron chi connectivity index (χ2n) is 6.67. The van der Waals surface area contributed by atoms with Crippen LogP contribution < -0.4 is 0 Å². The molecule has 2 heterocycles. The van der Waals surface area contributed by atoms with Gasteiger partial charge in [-0.3, -0.25) is 14.7 Å². The van der Waals surface area contributed by atoms with E-state index >= 15 is 0 Å². The van der Waals surface area contributed by atoms with Gasteiger partial charge in [0.1, 0.15) is 11.9 Å². The first kappa shape index (κ1) is 16.7. The summed E-state index contributed by atoms with van der Waals surface area (Å²) in [5.41, 5.74) is 1.73. The summed E-state index contributed by atoms with van der Waals surface area (Å²) in [4.78, 5) is 17.8. The van der Waals surface area contributed by atoms with Crippen molar-refractivity contribution in [1.29, 1.82) is 0 Å². The fourth-order valence-electron chi connectivity index (χ4n) is 3.89. The van der Waals surface area contributed by atoms with Crippen molar-refractivity contribution in [2.45, 2.75) is 24.9 Å². The van der Waals surface area contributed by atoms with Crippen LogP contribution in [0.25, 0.3) is 10.8 Å². The maximum atomic E-state index is 13.9. The molecule has 0 bridgehead atoms. The predicted molar refractivity (Wildman–Crippen MR) is 97.3 cm³/mol. The molecule has 0 aliphatic carbocycles. The highest BCUT2D eigenvalue weighted by Gasteiger charge is 2.36. The van der Waals surface area contributed by atoms with Gasteiger partial charge >= 0.3 is 5.97 Å². The first-order valence-corrected chi connectivity index (χ1v) is 8.71. The van der Waals surface area contributed by atoms with Gasteiger partial charge in [-0.15, -0.1) is 0 Å². The largest absolute Gasteiger partial charge is 0.480 e. The van der Waals surface area contributed by atoms with Gasteiger partial charge in [-0.2, -0.15) is 0 Å². The summed E-state index contributed by atoms with van der Waals surface area (Å²) in [6.07, 6.45) is 4.96. The number of likely N-dealkylation sites (tertiary alicyclic amines) is 1. The number of pyridine rings is 1. The van der Waals surface area contributed by atoms with Crippen LogP contribution in [0.2, 0.25) is 0 Å². The Morgan fingerprint density at radius 3 is 2.81 bits per heavy atom. The predicted octanol–water partition coefficient (Wildman–Crippen LogP) is 4.01. The number of rotatable bonds is 4. The minimum absolute atomic E-state index is 0.299. The summed E-state index contributed by atoms with van der Waals surface area (Å²) in [7, 11) is 0. The van der Waals surface area contributed by atoms with E-state index in [1.807, 2.05) is 35.2 Å². The van der Waals surface area contributed by atoms with Crippen molar-refractivity contribution in [3.63, 3.8) is 0 Å². The SMILES string of the molecule is O=C(O)C1CCCN1C(c1cccc(F)c1)c1ccc2cnccc2c1. The topological polar surface area (TPSA) is 53.4 Å². The molecule has 2 atom stereocenters. The number of nitrogens with zero attached hydrogens (tertiary/aromatic N) is 2. The van der Waals surface area contributed by atoms with E-state index in [1.54, 1.807) is 18.5 Å². The van der Waals surface area contributed by atoms with Crippen molar-refractivity contribution in [2.24, 2.45) is 0 Å². The normalized spacial score (nSPS) is 18.9. The van der Waals surface area contributed by atoms with Crippen LogP contribution in [0.4, 0.5) is 4.39 Å². The van der Waals surface area contributed by atoms with Gasteiger partial charge in [-0.05, 0) is 53.6 Å². The highest BCUT2D eigenvalue weighted by atomic mass is 19.1. The number of aromatic nitrogens is 1. The standard InChI is InChI=1S/C21H19FN2O2/c22-18-4-1-3-15(12-18)20(24-10-2-5-19(24)21(25)26)16-6-7-17-13-23-9-8-14(17)11-16/h1,3-4,6-9,11-13,19-20H,2,5,10H2,(H,25,26). The van der Waals surface area contributed by atoms with E-state index in [1.165, 1.54) is 12.1 Å². The van der Waals surface area contributed by atoms with E-state index in [4.69, 9.17) is 0 Å². The number of hydrogen-bond donors (Lipinski definition) is 1. The summed E-state index contributed by atoms with van der Waals surface area (Å²) in [6, 6.07) is 13.5. The van der Waals surface area contributed by atoms with Gasteiger partial charge in [0.15, 0.2) is 0 Å². The van der Waals surface area contributed by atoms with Gasteiger partial charge in [0.05, 0.1) is 6.04 Å². The molecule has 1 aliphatic rings. The zero-order chi connectivity index (χ0) is 18.1. The maximum absolute atomic E-state index is 13.9. The minimum atomic E-state index is -0.825. The van der Waals surface area contributed by atoms with Crippen molar-refractivity contribution in [1.82, 2.24) is 9.88 Å². The van der Waals surface area contributed by atoms with Crippen molar-refractivity contribution in [3.8, 4) is 0 Å². The lowest BCUT2D eigenvalue weighted by Gasteiger charge is -2.32. The van der Waals surface area contributed by atoms with Gasteiger partial charge in [-0.25, -0.2) is 4.39 Å². The lowest BCUT2D eigenvalue weighted by molar-refractivity contribution is -0.142. The zero-order valence-corrected chi connectivity index (χ0v) is 14.2. The Bertz CT molecular complexity index is 959. The smallest absolute Gasteiger partial charge is 0.320 e. The Labute approximate surface area is 150 Å². The lowest BCUT2D eigenvalue weighted by Crippen LogP contribution is -2.39. The van der Waals surface area contributed by atoms with Crippen LogP contribution in [-0.4, -0.2) is 33.5 Å². The molecule has 1 fully saturated rings. The van der Waals surface area contributed by atoms with Crippen LogP contribution in [-0.2, 0) is 4.79 Å². The molecule has 1 aromatic heterocycles. The van der Waals surface area contributed by atoms with Gasteiger partial charge in [0, 0.05) is 24.3 Å². The average molecular weight is 350 g/mol. The van der Waals surface area contributed by atoms with Crippen molar-refractivity contribution in [2.75, 3.05) is 6.54 Å². The minimum Gasteiger partial charge on any atom is -0.480 e. The fourth-order valence-corrected chi connectivity index (χ4v) is 3.89. The van der Waals surface area contributed by atoms with Crippen LogP contribution in [0.3, 0.4) is 0 Å². The third kappa shape index (κ3) is 3.06. The molecule has 2 unspecified atom stereocenters. The Morgan fingerprint density at radius 2 is 2.00 bits per heavy atom. The van der Waals surface area contributed by atoms with E-state index in [2.05, 4.69) is 4.98 Å². The third-order valence-corrected chi connectivity index (χ3v) is 5.06. The van der Waals surface area contributed by atoms with Gasteiger partial charge in [0.2, 0.25) is 0 Å². The third-order valence-electron chi connectivity index (χ3n) is 5.06. The van der Waals surface area contributed by atoms with Crippen LogP contribution >= 0.6 is 0 Å². The number of carboxylic acid groups (broad SMARTS) is 1. The molecule has 0 spiro atoms. The summed E-state index contributed by atoms with van der Waals surface area (Å²) in [5.74, 6) is -1.14. The molecular formula is C21H19FN2O2. The van der Waals surface area contributed by atoms with Crippen LogP contribution in [0.15, 0.2) is 60.9 Å². The van der Waals surface area contributed by atoms with E-state index in [0.717, 1.165) is 28.3 Å². The number of carboxylic acids is 1. The molecule has 2 aromatic carbocycles. The van der Waals surface area contributed by atoms with E-state index < -0.39 is 12.0 Å². The van der Waals surface area contributed by atoms with Gasteiger partial charge in [0.25, 0.3) is 0 Å². The fraction of sp³-hybridized carbons (Fsp3) is 0.238. The molecule has 0 radical (unpaired) electrons. The Morgan fingerprint density at radius 1 is 1.15 bits per heavy atom. The maximum Gasteiger partial charge on any atom is 0.320 e. The Balaban J connectivity index is 1.85. The molecule has 1 aliphatic heterocycles. The number of benzene rings is 2. The molecule has 1 N–H and O–H groups in total. The molecule has 5 heteroatoms. The van der Waals surface area contributed by atoms with E-state index in [-0.39, 0.29) is 11.9 Å². The molecule has 26 heavy (non-hydrogen) atoms. The molecule has 1 saturated heterocycles. The second-order valence-corrected chi connectivity index (χ2v) is 6.67. The van der Waals surface area contributed by atoms with Crippen molar-refractivity contribution >= 4 is 16.7 Å². The molecule has 3 aromatic rings. The number of carbonyl (C=O) groups is 1. The monoisotopic (exact) mass is 350 g/mol. The molecule has 0 amide bonds. The first-order valence-electron chi connectivity index (χ1n) is 8.71. The molecule has 0 saturated carbocycles. The highest BCUT2D eigenvalue weighted by Crippen LogP contribution is 2.36. The molecule has 132 valence electrons. The highest BCUT2D eigenvalue weighted by molar-refractivity contribution is 5.82. The van der Waals surface area contributed by atoms with Crippen LogP contribution in [0.5, 0.6) is 0 Å². The van der Waals surface area contributed by atoms with E-state index in [9.17, 15) is 14.3 Å². The Hall–Kier alpha value is -2.79. The Kier molecular flexibility index (Phi) is 4.39. The quantitative estimate of drug-likeness (QED) is 0.772. The van der Waals surface area contributed by atoms with E-state index in [0.29, 0.717) is 13.0 Å². The summed E-state index contributed by atoms with van der Waals surface area (Å²) < 4.78 is 13.9. The summed E-state index contributed by atoms with van der Waals surface area (Å²) in [6.45, 7) is 0.673. The number of fused-ring (bicyclic) bond motifs is 1. The first-order chi connectivity index (χ1) is 12.6. The number of aliphatic carboxylic acids is 1. The van der Waals surface area contributed by atoms with Gasteiger partial charge in [-0.1, -0.05) is 24.3 Å². The second kappa shape index (κ2) is 6.84. The zero-order valence-electron chi connectivity index (χ0n) is 14.2. The molecular weight excluding hydrogens is 331 g/mol. The molecule has 4 rings (SSSR count). The number of halogens is 1. The van der Waals surface area contributed by atoms with Gasteiger partial charge < -0.3 is 5.11 Å². The summed E-state index contributed by atoms with van der Waals surface area (Å²) >= 11 is 0. The van der Waals surface area contributed by atoms with Crippen LogP contribution in [0, 0.1) is 5.82 Å².